The number of nitrogen functional groups attached to an aromatic ring is 1. The van der Waals surface area contributed by atoms with Gasteiger partial charge < -0.3 is 5.73 Å². The van der Waals surface area contributed by atoms with Crippen molar-refractivity contribution in [1.29, 1.82) is 0 Å². The number of nitrogens with zero attached hydrogens (tertiary/aromatic N) is 2. The normalized spacial score (nSPS) is 17.3. The first-order valence-corrected chi connectivity index (χ1v) is 7.96. The lowest BCUT2D eigenvalue weighted by atomic mass is 9.81. The Bertz CT molecular complexity index is 685. The first kappa shape index (κ1) is 14.7. The van der Waals surface area contributed by atoms with E-state index in [0.717, 1.165) is 29.7 Å². The van der Waals surface area contributed by atoms with E-state index < -0.39 is 0 Å². The van der Waals surface area contributed by atoms with E-state index in [9.17, 15) is 0 Å². The van der Waals surface area contributed by atoms with Gasteiger partial charge in [0.1, 0.15) is 5.82 Å². The lowest BCUT2D eigenvalue weighted by Crippen LogP contribution is -2.19. The second kappa shape index (κ2) is 5.22. The first-order valence-electron chi connectivity index (χ1n) is 7.21. The van der Waals surface area contributed by atoms with E-state index in [2.05, 4.69) is 6.92 Å². The fourth-order valence-corrected chi connectivity index (χ4v) is 3.59. The molecule has 3 nitrogen and oxygen atoms in total. The van der Waals surface area contributed by atoms with Crippen LogP contribution in [0.3, 0.4) is 0 Å². The van der Waals surface area contributed by atoms with Gasteiger partial charge in [0, 0.05) is 18.0 Å². The van der Waals surface area contributed by atoms with Gasteiger partial charge in [-0.25, -0.2) is 0 Å². The molecule has 1 heterocycles. The molecule has 5 heteroatoms. The van der Waals surface area contributed by atoms with Crippen LogP contribution in [0.4, 0.5) is 5.82 Å². The van der Waals surface area contributed by atoms with E-state index >= 15 is 0 Å². The van der Waals surface area contributed by atoms with Gasteiger partial charge in [-0.1, -0.05) is 49.0 Å². The van der Waals surface area contributed by atoms with Crippen LogP contribution in [0.5, 0.6) is 0 Å². The molecule has 1 aliphatic carbocycles. The molecule has 0 atom stereocenters. The molecule has 0 unspecified atom stereocenters. The molecule has 0 amide bonds. The molecular weight excluding hydrogens is 305 g/mol. The van der Waals surface area contributed by atoms with Gasteiger partial charge in [-0.05, 0) is 30.5 Å². The molecule has 1 aliphatic rings. The van der Waals surface area contributed by atoms with Crippen molar-refractivity contribution in [2.45, 2.75) is 38.0 Å². The molecule has 0 bridgehead atoms. The van der Waals surface area contributed by atoms with E-state index in [4.69, 9.17) is 34.0 Å². The molecule has 1 aromatic carbocycles. The third-order valence-electron chi connectivity index (χ3n) is 4.58. The number of aryl methyl sites for hydroxylation is 1. The number of nitrogens with two attached hydrogens (primary N) is 1. The van der Waals surface area contributed by atoms with Crippen LogP contribution in [0.2, 0.25) is 10.0 Å². The Labute approximate surface area is 135 Å². The van der Waals surface area contributed by atoms with E-state index in [0.29, 0.717) is 15.9 Å². The van der Waals surface area contributed by atoms with Gasteiger partial charge in [0.05, 0.1) is 15.7 Å². The number of hydrogen-bond acceptors (Lipinski definition) is 2. The predicted octanol–water partition coefficient (Wildman–Crippen LogP) is 4.81. The Hall–Kier alpha value is -1.19. The molecule has 21 heavy (non-hydrogen) atoms. The van der Waals surface area contributed by atoms with Crippen LogP contribution in [0.15, 0.2) is 18.2 Å². The zero-order valence-electron chi connectivity index (χ0n) is 12.3. The van der Waals surface area contributed by atoms with Gasteiger partial charge >= 0.3 is 0 Å². The smallest absolute Gasteiger partial charge is 0.129 e. The maximum atomic E-state index is 6.27. The van der Waals surface area contributed by atoms with E-state index in [1.807, 2.05) is 25.2 Å². The fraction of sp³-hybridized carbons (Fsp3) is 0.438. The number of aromatic nitrogens is 2. The maximum absolute atomic E-state index is 6.27. The van der Waals surface area contributed by atoms with Gasteiger partial charge in [0.25, 0.3) is 0 Å². The number of anilines is 1. The third-order valence-corrected chi connectivity index (χ3v) is 5.32. The average Bonchev–Trinajstić information content (AvgIpc) is 3.00. The van der Waals surface area contributed by atoms with Gasteiger partial charge in [-0.15, -0.1) is 0 Å². The van der Waals surface area contributed by atoms with Crippen molar-refractivity contribution in [2.75, 3.05) is 5.73 Å². The quantitative estimate of drug-likeness (QED) is 0.861. The lowest BCUT2D eigenvalue weighted by Gasteiger charge is -2.22. The molecular formula is C16H19Cl2N3. The van der Waals surface area contributed by atoms with Crippen molar-refractivity contribution in [1.82, 2.24) is 9.78 Å². The summed E-state index contributed by atoms with van der Waals surface area (Å²) in [6, 6.07) is 5.65. The van der Waals surface area contributed by atoms with Gasteiger partial charge in [-0.3, -0.25) is 4.68 Å². The van der Waals surface area contributed by atoms with Crippen molar-refractivity contribution in [3.05, 3.63) is 33.9 Å². The van der Waals surface area contributed by atoms with Gasteiger partial charge in [0.2, 0.25) is 0 Å². The summed E-state index contributed by atoms with van der Waals surface area (Å²) in [6.45, 7) is 2.28. The highest BCUT2D eigenvalue weighted by molar-refractivity contribution is 6.42. The Morgan fingerprint density at radius 3 is 2.48 bits per heavy atom. The highest BCUT2D eigenvalue weighted by Gasteiger charge is 2.36. The van der Waals surface area contributed by atoms with Crippen LogP contribution in [-0.4, -0.2) is 9.78 Å². The number of halogens is 2. The summed E-state index contributed by atoms with van der Waals surface area (Å²) in [5.41, 5.74) is 9.44. The molecule has 0 saturated heterocycles. The molecule has 3 rings (SSSR count). The van der Waals surface area contributed by atoms with E-state index in [-0.39, 0.29) is 5.41 Å². The second-order valence-electron chi connectivity index (χ2n) is 6.13. The van der Waals surface area contributed by atoms with Gasteiger partial charge in [-0.2, -0.15) is 5.10 Å². The molecule has 1 aromatic heterocycles. The summed E-state index contributed by atoms with van der Waals surface area (Å²) in [4.78, 5) is 0. The Morgan fingerprint density at radius 1 is 1.19 bits per heavy atom. The Kier molecular flexibility index (Phi) is 3.66. The average molecular weight is 324 g/mol. The van der Waals surface area contributed by atoms with Crippen molar-refractivity contribution in [3.63, 3.8) is 0 Å². The SMILES string of the molecule is Cn1nc(C2(C)CCCC2)c(-c2ccc(Cl)c(Cl)c2)c1N. The van der Waals surface area contributed by atoms with Crippen LogP contribution < -0.4 is 5.73 Å². The van der Waals surface area contributed by atoms with Crippen LogP contribution in [-0.2, 0) is 12.5 Å². The van der Waals surface area contributed by atoms with Crippen LogP contribution in [0, 0.1) is 0 Å². The molecule has 2 aromatic rings. The van der Waals surface area contributed by atoms with Crippen molar-refractivity contribution in [2.24, 2.45) is 7.05 Å². The topological polar surface area (TPSA) is 43.8 Å². The van der Waals surface area contributed by atoms with Crippen LogP contribution >= 0.6 is 23.2 Å². The number of rotatable bonds is 2. The zero-order chi connectivity index (χ0) is 15.2. The highest BCUT2D eigenvalue weighted by Crippen LogP contribution is 2.46. The summed E-state index contributed by atoms with van der Waals surface area (Å²) in [5, 5.41) is 5.80. The van der Waals surface area contributed by atoms with E-state index in [1.165, 1.54) is 12.8 Å². The molecule has 2 N–H and O–H groups in total. The number of hydrogen-bond donors (Lipinski definition) is 1. The van der Waals surface area contributed by atoms with E-state index in [1.54, 1.807) is 4.68 Å². The largest absolute Gasteiger partial charge is 0.383 e. The molecule has 1 saturated carbocycles. The zero-order valence-corrected chi connectivity index (χ0v) is 13.8. The molecule has 1 fully saturated rings. The maximum Gasteiger partial charge on any atom is 0.129 e. The Balaban J connectivity index is 2.19. The lowest BCUT2D eigenvalue weighted by molar-refractivity contribution is 0.469. The molecule has 0 spiro atoms. The molecule has 112 valence electrons. The van der Waals surface area contributed by atoms with Crippen LogP contribution in [0.25, 0.3) is 11.1 Å². The molecule has 0 radical (unpaired) electrons. The summed E-state index contributed by atoms with van der Waals surface area (Å²) in [5.74, 6) is 0.677. The summed E-state index contributed by atoms with van der Waals surface area (Å²) in [6.07, 6.45) is 4.79. The summed E-state index contributed by atoms with van der Waals surface area (Å²) in [7, 11) is 1.89. The minimum absolute atomic E-state index is 0.0941. The fourth-order valence-electron chi connectivity index (χ4n) is 3.29. The van der Waals surface area contributed by atoms with Crippen LogP contribution in [0.1, 0.15) is 38.3 Å². The van der Waals surface area contributed by atoms with Crippen molar-refractivity contribution < 1.29 is 0 Å². The summed E-state index contributed by atoms with van der Waals surface area (Å²) < 4.78 is 1.76. The monoisotopic (exact) mass is 323 g/mol. The van der Waals surface area contributed by atoms with Gasteiger partial charge in [0.15, 0.2) is 0 Å². The predicted molar refractivity (Wildman–Crippen MR) is 88.9 cm³/mol. The summed E-state index contributed by atoms with van der Waals surface area (Å²) >= 11 is 12.2. The first-order chi connectivity index (χ1) is 9.92. The number of benzene rings is 1. The Morgan fingerprint density at radius 2 is 1.86 bits per heavy atom. The minimum Gasteiger partial charge on any atom is -0.383 e. The van der Waals surface area contributed by atoms with Crippen molar-refractivity contribution >= 4 is 29.0 Å². The standard InChI is InChI=1S/C16H19Cl2N3/c1-16(7-3-4-8-16)14-13(15(19)21(2)20-14)10-5-6-11(17)12(18)9-10/h5-6,9H,3-4,7-8,19H2,1-2H3. The van der Waals surface area contributed by atoms with Crippen molar-refractivity contribution in [3.8, 4) is 11.1 Å². The second-order valence-corrected chi connectivity index (χ2v) is 6.94. The highest BCUT2D eigenvalue weighted by atomic mass is 35.5. The third kappa shape index (κ3) is 2.43. The minimum atomic E-state index is 0.0941. The molecule has 0 aliphatic heterocycles.